The molecule has 2 rings (SSSR count). The summed E-state index contributed by atoms with van der Waals surface area (Å²) in [5, 5.41) is 9.43. The summed E-state index contributed by atoms with van der Waals surface area (Å²) in [6, 6.07) is 15.0. The van der Waals surface area contributed by atoms with Crippen molar-refractivity contribution in [1.82, 2.24) is 0 Å². The second-order valence-electron chi connectivity index (χ2n) is 3.60. The smallest absolute Gasteiger partial charge is 0.139 e. The van der Waals surface area contributed by atoms with Crippen LogP contribution in [0.2, 0.25) is 5.02 Å². The molecule has 0 saturated carbocycles. The molecule has 0 fully saturated rings. The van der Waals surface area contributed by atoms with Crippen molar-refractivity contribution in [3.8, 4) is 11.8 Å². The van der Waals surface area contributed by atoms with Gasteiger partial charge < -0.3 is 4.74 Å². The molecular formula is C14H9BrClNO. The van der Waals surface area contributed by atoms with E-state index in [0.29, 0.717) is 22.9 Å². The summed E-state index contributed by atoms with van der Waals surface area (Å²) in [6.07, 6.45) is 0. The highest BCUT2D eigenvalue weighted by Gasteiger charge is 2.08. The molecule has 0 amide bonds. The van der Waals surface area contributed by atoms with Crippen LogP contribution in [-0.2, 0) is 6.61 Å². The number of hydrogen-bond acceptors (Lipinski definition) is 2. The van der Waals surface area contributed by atoms with Crippen LogP contribution in [0.4, 0.5) is 0 Å². The summed E-state index contributed by atoms with van der Waals surface area (Å²) < 4.78 is 6.62. The molecule has 0 radical (unpaired) electrons. The predicted molar refractivity (Wildman–Crippen MR) is 74.6 cm³/mol. The Morgan fingerprint density at radius 3 is 2.67 bits per heavy atom. The molecule has 0 bridgehead atoms. The summed E-state index contributed by atoms with van der Waals surface area (Å²) in [7, 11) is 0. The molecule has 2 nitrogen and oxygen atoms in total. The molecule has 0 saturated heterocycles. The minimum atomic E-state index is 0.367. The van der Waals surface area contributed by atoms with E-state index in [9.17, 15) is 0 Å². The molecule has 0 aliphatic heterocycles. The van der Waals surface area contributed by atoms with Gasteiger partial charge in [-0.3, -0.25) is 0 Å². The van der Waals surface area contributed by atoms with Crippen LogP contribution in [0, 0.1) is 11.3 Å². The molecule has 2 aromatic carbocycles. The molecule has 0 spiro atoms. The van der Waals surface area contributed by atoms with Gasteiger partial charge >= 0.3 is 0 Å². The van der Waals surface area contributed by atoms with E-state index < -0.39 is 0 Å². The zero-order valence-electron chi connectivity index (χ0n) is 9.36. The lowest BCUT2D eigenvalue weighted by Crippen LogP contribution is -1.98. The number of rotatable bonds is 3. The van der Waals surface area contributed by atoms with E-state index >= 15 is 0 Å². The Labute approximate surface area is 119 Å². The third kappa shape index (κ3) is 2.84. The van der Waals surface area contributed by atoms with E-state index in [1.165, 1.54) is 0 Å². The number of hydrogen-bond donors (Lipinski definition) is 0. The number of halogens is 2. The molecule has 90 valence electrons. The molecule has 0 aliphatic rings. The van der Waals surface area contributed by atoms with Crippen LogP contribution >= 0.6 is 27.5 Å². The van der Waals surface area contributed by atoms with E-state index in [2.05, 4.69) is 15.9 Å². The Kier molecular flexibility index (Phi) is 4.24. The number of nitrogens with zero attached hydrogens (tertiary/aromatic N) is 1. The summed E-state index contributed by atoms with van der Waals surface area (Å²) in [5.74, 6) is 0.501. The van der Waals surface area contributed by atoms with Crippen molar-refractivity contribution in [3.05, 3.63) is 63.1 Å². The zero-order chi connectivity index (χ0) is 13.0. The summed E-state index contributed by atoms with van der Waals surface area (Å²) in [6.45, 7) is 0.385. The van der Waals surface area contributed by atoms with E-state index in [1.54, 1.807) is 18.2 Å². The van der Waals surface area contributed by atoms with Crippen molar-refractivity contribution in [2.75, 3.05) is 0 Å². The standard InChI is InChI=1S/C14H9BrClNO/c15-12-5-2-1-4-10(12)9-18-14-7-3-6-13(16)11(14)8-17/h1-7H,9H2. The van der Waals surface area contributed by atoms with Crippen molar-refractivity contribution < 1.29 is 4.74 Å². The minimum Gasteiger partial charge on any atom is -0.487 e. The molecular weight excluding hydrogens is 314 g/mol. The predicted octanol–water partition coefficient (Wildman–Crippen LogP) is 4.55. The molecule has 2 aromatic rings. The van der Waals surface area contributed by atoms with Gasteiger partial charge in [-0.05, 0) is 18.2 Å². The normalized spacial score (nSPS) is 9.83. The first-order chi connectivity index (χ1) is 8.72. The van der Waals surface area contributed by atoms with Crippen molar-refractivity contribution in [2.24, 2.45) is 0 Å². The lowest BCUT2D eigenvalue weighted by Gasteiger charge is -2.09. The minimum absolute atomic E-state index is 0.367. The summed E-state index contributed by atoms with van der Waals surface area (Å²) in [4.78, 5) is 0. The summed E-state index contributed by atoms with van der Waals surface area (Å²) in [5.41, 5.74) is 1.38. The van der Waals surface area contributed by atoms with Crippen LogP contribution < -0.4 is 4.74 Å². The van der Waals surface area contributed by atoms with Gasteiger partial charge in [0.1, 0.15) is 24.0 Å². The first kappa shape index (κ1) is 12.9. The van der Waals surface area contributed by atoms with Crippen LogP contribution in [0.5, 0.6) is 5.75 Å². The van der Waals surface area contributed by atoms with Gasteiger partial charge in [-0.15, -0.1) is 0 Å². The zero-order valence-corrected chi connectivity index (χ0v) is 11.7. The highest BCUT2D eigenvalue weighted by atomic mass is 79.9. The van der Waals surface area contributed by atoms with E-state index in [1.807, 2.05) is 30.3 Å². The topological polar surface area (TPSA) is 33.0 Å². The van der Waals surface area contributed by atoms with Gasteiger partial charge in [-0.25, -0.2) is 0 Å². The Morgan fingerprint density at radius 1 is 1.17 bits per heavy atom. The van der Waals surface area contributed by atoms with Crippen LogP contribution in [0.1, 0.15) is 11.1 Å². The van der Waals surface area contributed by atoms with E-state index in [4.69, 9.17) is 21.6 Å². The number of benzene rings is 2. The van der Waals surface area contributed by atoms with Gasteiger partial charge in [0.25, 0.3) is 0 Å². The van der Waals surface area contributed by atoms with E-state index in [-0.39, 0.29) is 0 Å². The maximum Gasteiger partial charge on any atom is 0.139 e. The fourth-order valence-electron chi connectivity index (χ4n) is 1.50. The first-order valence-corrected chi connectivity index (χ1v) is 6.44. The largest absolute Gasteiger partial charge is 0.487 e. The van der Waals surface area contributed by atoms with Gasteiger partial charge in [-0.1, -0.05) is 51.8 Å². The Balaban J connectivity index is 2.19. The SMILES string of the molecule is N#Cc1c(Cl)cccc1OCc1ccccc1Br. The molecule has 0 aliphatic carbocycles. The maximum atomic E-state index is 9.03. The van der Waals surface area contributed by atoms with Gasteiger partial charge in [0.15, 0.2) is 0 Å². The Bertz CT molecular complexity index is 607. The van der Waals surface area contributed by atoms with Crippen LogP contribution in [0.3, 0.4) is 0 Å². The molecule has 4 heteroatoms. The van der Waals surface area contributed by atoms with Crippen molar-refractivity contribution in [2.45, 2.75) is 6.61 Å². The molecule has 0 atom stereocenters. The summed E-state index contributed by atoms with van der Waals surface area (Å²) >= 11 is 9.38. The Morgan fingerprint density at radius 2 is 1.94 bits per heavy atom. The second kappa shape index (κ2) is 5.90. The first-order valence-electron chi connectivity index (χ1n) is 5.27. The monoisotopic (exact) mass is 321 g/mol. The Hall–Kier alpha value is -1.50. The van der Waals surface area contributed by atoms with Crippen LogP contribution in [-0.4, -0.2) is 0 Å². The van der Waals surface area contributed by atoms with Crippen molar-refractivity contribution in [3.63, 3.8) is 0 Å². The van der Waals surface area contributed by atoms with Crippen molar-refractivity contribution in [1.29, 1.82) is 5.26 Å². The fourth-order valence-corrected chi connectivity index (χ4v) is 2.11. The molecule has 0 aromatic heterocycles. The lowest BCUT2D eigenvalue weighted by molar-refractivity contribution is 0.304. The van der Waals surface area contributed by atoms with Gasteiger partial charge in [-0.2, -0.15) is 5.26 Å². The average Bonchev–Trinajstić information content (AvgIpc) is 2.38. The van der Waals surface area contributed by atoms with Crippen LogP contribution in [0.25, 0.3) is 0 Å². The second-order valence-corrected chi connectivity index (χ2v) is 4.87. The van der Waals surface area contributed by atoms with Crippen LogP contribution in [0.15, 0.2) is 46.9 Å². The number of nitriles is 1. The van der Waals surface area contributed by atoms with E-state index in [0.717, 1.165) is 10.0 Å². The fraction of sp³-hybridized carbons (Fsp3) is 0.0714. The molecule has 18 heavy (non-hydrogen) atoms. The third-order valence-corrected chi connectivity index (χ3v) is 3.52. The third-order valence-electron chi connectivity index (χ3n) is 2.43. The molecule has 0 heterocycles. The van der Waals surface area contributed by atoms with Gasteiger partial charge in [0.2, 0.25) is 0 Å². The lowest BCUT2D eigenvalue weighted by atomic mass is 10.2. The highest BCUT2D eigenvalue weighted by molar-refractivity contribution is 9.10. The van der Waals surface area contributed by atoms with Gasteiger partial charge in [0.05, 0.1) is 5.02 Å². The average molecular weight is 323 g/mol. The molecule has 0 N–H and O–H groups in total. The molecule has 0 unspecified atom stereocenters. The highest BCUT2D eigenvalue weighted by Crippen LogP contribution is 2.27. The van der Waals surface area contributed by atoms with Gasteiger partial charge in [0, 0.05) is 10.0 Å². The van der Waals surface area contributed by atoms with Crippen molar-refractivity contribution >= 4 is 27.5 Å². The quantitative estimate of drug-likeness (QED) is 0.830. The maximum absolute atomic E-state index is 9.03. The number of ether oxygens (including phenoxy) is 1.